The molecule has 0 amide bonds. The summed E-state index contributed by atoms with van der Waals surface area (Å²) in [5.41, 5.74) is 0.748. The van der Waals surface area contributed by atoms with Crippen molar-refractivity contribution in [3.8, 4) is 0 Å². The van der Waals surface area contributed by atoms with Gasteiger partial charge in [0.15, 0.2) is 0 Å². The highest BCUT2D eigenvalue weighted by molar-refractivity contribution is 4.87. The predicted octanol–water partition coefficient (Wildman–Crippen LogP) is 4.35. The summed E-state index contributed by atoms with van der Waals surface area (Å²) in [6, 6.07) is 0. The second-order valence-corrected chi connectivity index (χ2v) is 4.37. The molecule has 0 aromatic rings. The van der Waals surface area contributed by atoms with Gasteiger partial charge in [-0.3, -0.25) is 0 Å². The minimum atomic E-state index is 0.748. The van der Waals surface area contributed by atoms with E-state index in [9.17, 15) is 0 Å². The van der Waals surface area contributed by atoms with Crippen LogP contribution in [0.1, 0.15) is 65.2 Å². The second-order valence-electron chi connectivity index (χ2n) is 4.37. The average Bonchev–Trinajstić information content (AvgIpc) is 2.07. The number of hydrogen-bond acceptors (Lipinski definition) is 0. The van der Waals surface area contributed by atoms with E-state index >= 15 is 0 Å². The third-order valence-electron chi connectivity index (χ3n) is 3.32. The van der Waals surface area contributed by atoms with Crippen LogP contribution in [0.3, 0.4) is 0 Å². The maximum Gasteiger partial charge on any atom is -0.0297 e. The smallest absolute Gasteiger partial charge is 0.0297 e. The first kappa shape index (κ1) is 10.1. The van der Waals surface area contributed by atoms with Crippen molar-refractivity contribution in [3.05, 3.63) is 6.42 Å². The largest absolute Gasteiger partial charge is 0.0654 e. The van der Waals surface area contributed by atoms with Gasteiger partial charge in [0, 0.05) is 0 Å². The van der Waals surface area contributed by atoms with Gasteiger partial charge in [-0.2, -0.15) is 0 Å². The molecule has 0 N–H and O–H groups in total. The fraction of sp³-hybridized carbons (Fsp3) is 0.917. The molecule has 0 aliphatic heterocycles. The van der Waals surface area contributed by atoms with E-state index in [0.29, 0.717) is 0 Å². The number of hydrogen-bond donors (Lipinski definition) is 0. The van der Waals surface area contributed by atoms with Crippen molar-refractivity contribution in [2.45, 2.75) is 65.2 Å². The molecule has 1 rings (SSSR count). The molecule has 0 atom stereocenters. The molecule has 0 unspecified atom stereocenters. The lowest BCUT2D eigenvalue weighted by molar-refractivity contribution is 0.174. The van der Waals surface area contributed by atoms with Gasteiger partial charge in [0.25, 0.3) is 0 Å². The molecule has 1 fully saturated rings. The van der Waals surface area contributed by atoms with E-state index in [1.807, 2.05) is 0 Å². The molecule has 71 valence electrons. The Balaban J connectivity index is 2.44. The molecule has 0 aromatic heterocycles. The van der Waals surface area contributed by atoms with Gasteiger partial charge in [0.1, 0.15) is 0 Å². The molecule has 0 heteroatoms. The zero-order chi connectivity index (χ0) is 8.86. The highest BCUT2D eigenvalue weighted by Crippen LogP contribution is 2.43. The van der Waals surface area contributed by atoms with E-state index in [-0.39, 0.29) is 0 Å². The van der Waals surface area contributed by atoms with Crippen molar-refractivity contribution in [3.63, 3.8) is 0 Å². The van der Waals surface area contributed by atoms with Crippen LogP contribution in [0, 0.1) is 11.8 Å². The lowest BCUT2D eigenvalue weighted by atomic mass is 9.69. The Bertz CT molecular complexity index is 93.7. The van der Waals surface area contributed by atoms with Gasteiger partial charge in [0.2, 0.25) is 0 Å². The van der Waals surface area contributed by atoms with Crippen LogP contribution >= 0.6 is 0 Å². The normalized spacial score (nSPS) is 22.5. The quantitative estimate of drug-likeness (QED) is 0.584. The molecule has 0 aromatic carbocycles. The standard InChI is InChI=1S/C12H23/c1-3-8-12(9-4-2)10-6-5-7-11-12/h5H,3-4,6-11H2,1-2H3. The van der Waals surface area contributed by atoms with E-state index in [1.54, 1.807) is 0 Å². The molecule has 1 aliphatic carbocycles. The van der Waals surface area contributed by atoms with Gasteiger partial charge in [-0.1, -0.05) is 26.7 Å². The minimum Gasteiger partial charge on any atom is -0.0654 e. The van der Waals surface area contributed by atoms with Crippen LogP contribution in [0.2, 0.25) is 0 Å². The number of rotatable bonds is 4. The van der Waals surface area contributed by atoms with Crippen molar-refractivity contribution in [1.82, 2.24) is 0 Å². The maximum atomic E-state index is 2.48. The van der Waals surface area contributed by atoms with E-state index in [4.69, 9.17) is 0 Å². The van der Waals surface area contributed by atoms with Crippen molar-refractivity contribution < 1.29 is 0 Å². The van der Waals surface area contributed by atoms with Crippen LogP contribution < -0.4 is 0 Å². The van der Waals surface area contributed by atoms with E-state index in [1.165, 1.54) is 51.4 Å². The molecule has 12 heavy (non-hydrogen) atoms. The predicted molar refractivity (Wildman–Crippen MR) is 55.0 cm³/mol. The first-order chi connectivity index (χ1) is 5.83. The molecular formula is C12H23. The Labute approximate surface area is 77.7 Å². The molecule has 0 nitrogen and oxygen atoms in total. The molecule has 0 heterocycles. The zero-order valence-electron chi connectivity index (χ0n) is 8.73. The topological polar surface area (TPSA) is 0 Å². The summed E-state index contributed by atoms with van der Waals surface area (Å²) >= 11 is 0. The summed E-state index contributed by atoms with van der Waals surface area (Å²) in [7, 11) is 0. The van der Waals surface area contributed by atoms with Gasteiger partial charge in [-0.25, -0.2) is 0 Å². The lowest BCUT2D eigenvalue weighted by Gasteiger charge is -2.37. The second kappa shape index (κ2) is 4.89. The fourth-order valence-corrected chi connectivity index (χ4v) is 2.77. The third-order valence-corrected chi connectivity index (χ3v) is 3.32. The first-order valence-corrected chi connectivity index (χ1v) is 5.64. The zero-order valence-corrected chi connectivity index (χ0v) is 8.73. The summed E-state index contributed by atoms with van der Waals surface area (Å²) in [6.07, 6.45) is 13.8. The van der Waals surface area contributed by atoms with Crippen molar-refractivity contribution >= 4 is 0 Å². The monoisotopic (exact) mass is 167 g/mol. The van der Waals surface area contributed by atoms with Gasteiger partial charge < -0.3 is 0 Å². The average molecular weight is 167 g/mol. The summed E-state index contributed by atoms with van der Waals surface area (Å²) in [6.45, 7) is 4.66. The van der Waals surface area contributed by atoms with Gasteiger partial charge in [0.05, 0.1) is 0 Å². The fourth-order valence-electron chi connectivity index (χ4n) is 2.77. The van der Waals surface area contributed by atoms with E-state index in [0.717, 1.165) is 5.41 Å². The van der Waals surface area contributed by atoms with Crippen LogP contribution in [0.4, 0.5) is 0 Å². The summed E-state index contributed by atoms with van der Waals surface area (Å²) in [5, 5.41) is 0. The SMILES string of the molecule is CCCC1(CCC)CC[CH]CC1. The maximum absolute atomic E-state index is 2.48. The van der Waals surface area contributed by atoms with Gasteiger partial charge in [-0.15, -0.1) is 0 Å². The minimum absolute atomic E-state index is 0.748. The van der Waals surface area contributed by atoms with Crippen molar-refractivity contribution in [1.29, 1.82) is 0 Å². The third kappa shape index (κ3) is 2.50. The lowest BCUT2D eigenvalue weighted by Crippen LogP contribution is -2.23. The molecule has 1 saturated carbocycles. The van der Waals surface area contributed by atoms with Crippen molar-refractivity contribution in [2.75, 3.05) is 0 Å². The Morgan fingerprint density at radius 3 is 1.92 bits per heavy atom. The molecule has 1 radical (unpaired) electrons. The Kier molecular flexibility index (Phi) is 4.11. The van der Waals surface area contributed by atoms with Crippen molar-refractivity contribution in [2.24, 2.45) is 5.41 Å². The summed E-state index contributed by atoms with van der Waals surface area (Å²) < 4.78 is 0. The Morgan fingerprint density at radius 1 is 1.00 bits per heavy atom. The molecule has 0 bridgehead atoms. The summed E-state index contributed by atoms with van der Waals surface area (Å²) in [4.78, 5) is 0. The van der Waals surface area contributed by atoms with Crippen LogP contribution in [0.5, 0.6) is 0 Å². The van der Waals surface area contributed by atoms with E-state index < -0.39 is 0 Å². The van der Waals surface area contributed by atoms with Crippen LogP contribution in [-0.4, -0.2) is 0 Å². The summed E-state index contributed by atoms with van der Waals surface area (Å²) in [5.74, 6) is 0. The molecular weight excluding hydrogens is 144 g/mol. The Morgan fingerprint density at radius 2 is 1.50 bits per heavy atom. The molecule has 0 spiro atoms. The molecule has 1 aliphatic rings. The van der Waals surface area contributed by atoms with Gasteiger partial charge >= 0.3 is 0 Å². The highest BCUT2D eigenvalue weighted by atomic mass is 14.3. The highest BCUT2D eigenvalue weighted by Gasteiger charge is 2.29. The van der Waals surface area contributed by atoms with Crippen LogP contribution in [0.15, 0.2) is 0 Å². The van der Waals surface area contributed by atoms with Crippen LogP contribution in [-0.2, 0) is 0 Å². The van der Waals surface area contributed by atoms with Gasteiger partial charge in [-0.05, 0) is 50.4 Å². The molecule has 0 saturated heterocycles. The first-order valence-electron chi connectivity index (χ1n) is 5.64. The van der Waals surface area contributed by atoms with E-state index in [2.05, 4.69) is 20.3 Å². The Hall–Kier alpha value is 0. The van der Waals surface area contributed by atoms with Crippen LogP contribution in [0.25, 0.3) is 0 Å².